The first-order valence-electron chi connectivity index (χ1n) is 9.91. The number of hydrogen-bond donors (Lipinski definition) is 3. The molecule has 1 amide bonds. The van der Waals surface area contributed by atoms with E-state index in [2.05, 4.69) is 30.7 Å². The van der Waals surface area contributed by atoms with Gasteiger partial charge in [-0.2, -0.15) is 10.1 Å². The second-order valence-electron chi connectivity index (χ2n) is 8.29. The number of nitrogens with one attached hydrogen (secondary N) is 3. The molecule has 4 aromatic heterocycles. The molecular weight excluding hydrogens is 423 g/mol. The van der Waals surface area contributed by atoms with Gasteiger partial charge >= 0.3 is 0 Å². The van der Waals surface area contributed by atoms with Crippen molar-refractivity contribution in [3.05, 3.63) is 42.5 Å². The Labute approximate surface area is 181 Å². The van der Waals surface area contributed by atoms with Crippen molar-refractivity contribution in [3.8, 4) is 11.1 Å². The van der Waals surface area contributed by atoms with Crippen LogP contribution in [0.5, 0.6) is 0 Å². The molecular formula is C21H22F3N7O. The number of carbonyl (C=O) groups excluding carboxylic acids is 1. The lowest BCUT2D eigenvalue weighted by atomic mass is 10.1. The first-order valence-corrected chi connectivity index (χ1v) is 9.91. The van der Waals surface area contributed by atoms with Crippen molar-refractivity contribution in [1.29, 1.82) is 0 Å². The molecule has 4 heterocycles. The average Bonchev–Trinajstić information content (AvgIpc) is 3.32. The van der Waals surface area contributed by atoms with E-state index in [0.717, 1.165) is 18.1 Å². The molecule has 0 saturated heterocycles. The molecule has 3 N–H and O–H groups in total. The predicted molar refractivity (Wildman–Crippen MR) is 115 cm³/mol. The number of aromatic amines is 1. The van der Waals surface area contributed by atoms with Crippen LogP contribution in [-0.4, -0.2) is 55.2 Å². The summed E-state index contributed by atoms with van der Waals surface area (Å²) in [6, 6.07) is 3.60. The van der Waals surface area contributed by atoms with Crippen LogP contribution >= 0.6 is 0 Å². The molecule has 4 rings (SSSR count). The lowest BCUT2D eigenvalue weighted by Crippen LogP contribution is -2.35. The summed E-state index contributed by atoms with van der Waals surface area (Å²) in [7, 11) is 0. The Morgan fingerprint density at radius 3 is 2.69 bits per heavy atom. The highest BCUT2D eigenvalue weighted by molar-refractivity contribution is 6.02. The molecule has 4 aromatic rings. The zero-order valence-electron chi connectivity index (χ0n) is 17.7. The van der Waals surface area contributed by atoms with Gasteiger partial charge in [-0.25, -0.2) is 22.7 Å². The molecule has 32 heavy (non-hydrogen) atoms. The van der Waals surface area contributed by atoms with Crippen LogP contribution in [-0.2, 0) is 0 Å². The van der Waals surface area contributed by atoms with Gasteiger partial charge in [-0.3, -0.25) is 4.79 Å². The Bertz CT molecular complexity index is 1280. The molecule has 11 heteroatoms. The summed E-state index contributed by atoms with van der Waals surface area (Å²) in [5, 5.41) is 9.96. The van der Waals surface area contributed by atoms with Gasteiger partial charge in [-0.15, -0.1) is 0 Å². The van der Waals surface area contributed by atoms with Gasteiger partial charge in [0.2, 0.25) is 5.95 Å². The molecule has 0 aliphatic carbocycles. The summed E-state index contributed by atoms with van der Waals surface area (Å²) in [6.45, 7) is 2.88. The summed E-state index contributed by atoms with van der Waals surface area (Å²) in [4.78, 5) is 23.9. The smallest absolute Gasteiger partial charge is 0.262 e. The molecule has 0 spiro atoms. The summed E-state index contributed by atoms with van der Waals surface area (Å²) >= 11 is 0. The van der Waals surface area contributed by atoms with Crippen LogP contribution in [0.2, 0.25) is 0 Å². The number of carbonyl (C=O) groups is 1. The van der Waals surface area contributed by atoms with Crippen molar-refractivity contribution >= 4 is 28.4 Å². The maximum atomic E-state index is 13.7. The Balaban J connectivity index is 1.64. The number of nitrogens with zero attached hydrogens (tertiary/aromatic N) is 4. The highest BCUT2D eigenvalue weighted by Crippen LogP contribution is 2.29. The van der Waals surface area contributed by atoms with E-state index in [1.54, 1.807) is 29.2 Å². The molecule has 0 bridgehead atoms. The van der Waals surface area contributed by atoms with Crippen molar-refractivity contribution < 1.29 is 18.0 Å². The van der Waals surface area contributed by atoms with Gasteiger partial charge in [0.15, 0.2) is 0 Å². The molecule has 0 radical (unpaired) electrons. The van der Waals surface area contributed by atoms with Crippen molar-refractivity contribution in [2.24, 2.45) is 0 Å². The Kier molecular flexibility index (Phi) is 5.27. The number of hydrogen-bond acceptors (Lipinski definition) is 5. The number of rotatable bonds is 7. The molecule has 0 aliphatic rings. The number of H-pyrrole nitrogens is 1. The molecule has 0 unspecified atom stereocenters. The maximum Gasteiger partial charge on any atom is 0.262 e. The zero-order chi connectivity index (χ0) is 23.1. The minimum atomic E-state index is -2.89. The van der Waals surface area contributed by atoms with Crippen molar-refractivity contribution in [2.75, 3.05) is 18.4 Å². The highest BCUT2D eigenvalue weighted by atomic mass is 19.3. The van der Waals surface area contributed by atoms with Crippen LogP contribution in [0.3, 0.4) is 0 Å². The van der Waals surface area contributed by atoms with E-state index in [-0.39, 0.29) is 12.5 Å². The van der Waals surface area contributed by atoms with E-state index in [4.69, 9.17) is 0 Å². The number of anilines is 1. The lowest BCUT2D eigenvalue weighted by Gasteiger charge is -2.14. The normalized spacial score (nSPS) is 12.4. The van der Waals surface area contributed by atoms with Gasteiger partial charge in [0.05, 0.1) is 30.4 Å². The van der Waals surface area contributed by atoms with Gasteiger partial charge in [0.1, 0.15) is 11.3 Å². The van der Waals surface area contributed by atoms with Gasteiger partial charge in [0.25, 0.3) is 11.8 Å². The third kappa shape index (κ3) is 4.66. The number of aromatic nitrogens is 5. The number of halogens is 3. The average molecular weight is 445 g/mol. The van der Waals surface area contributed by atoms with Crippen LogP contribution in [0.15, 0.2) is 36.9 Å². The van der Waals surface area contributed by atoms with Crippen LogP contribution in [0.1, 0.15) is 31.1 Å². The number of pyridine rings is 1. The molecule has 0 aliphatic heterocycles. The van der Waals surface area contributed by atoms with Crippen molar-refractivity contribution in [2.45, 2.75) is 32.4 Å². The van der Waals surface area contributed by atoms with Crippen LogP contribution in [0.4, 0.5) is 19.1 Å². The fourth-order valence-electron chi connectivity index (χ4n) is 3.17. The number of amides is 1. The van der Waals surface area contributed by atoms with E-state index in [0.29, 0.717) is 22.1 Å². The fourth-order valence-corrected chi connectivity index (χ4v) is 3.17. The minimum Gasteiger partial charge on any atom is -0.349 e. The molecule has 168 valence electrons. The summed E-state index contributed by atoms with van der Waals surface area (Å²) in [5.74, 6) is -3.22. The molecule has 0 atom stereocenters. The van der Waals surface area contributed by atoms with Gasteiger partial charge in [0, 0.05) is 36.5 Å². The Morgan fingerprint density at radius 1 is 1.19 bits per heavy atom. The first kappa shape index (κ1) is 21.6. The molecule has 0 aromatic carbocycles. The predicted octanol–water partition coefficient (Wildman–Crippen LogP) is 3.82. The minimum absolute atomic E-state index is 0.0911. The van der Waals surface area contributed by atoms with Gasteiger partial charge in [-0.1, -0.05) is 0 Å². The first-order chi connectivity index (χ1) is 15.0. The van der Waals surface area contributed by atoms with Crippen molar-refractivity contribution in [1.82, 2.24) is 29.9 Å². The second kappa shape index (κ2) is 7.81. The Hall–Kier alpha value is -3.63. The summed E-state index contributed by atoms with van der Waals surface area (Å²) < 4.78 is 41.4. The van der Waals surface area contributed by atoms with E-state index in [1.807, 2.05) is 6.07 Å². The van der Waals surface area contributed by atoms with Crippen LogP contribution in [0.25, 0.3) is 27.7 Å². The molecule has 8 nitrogen and oxygen atoms in total. The topological polar surface area (TPSA) is 100 Å². The number of alkyl halides is 3. The fraction of sp³-hybridized carbons (Fsp3) is 0.333. The third-order valence-electron chi connectivity index (χ3n) is 4.74. The van der Waals surface area contributed by atoms with Gasteiger partial charge < -0.3 is 15.6 Å². The molecule has 0 saturated carbocycles. The van der Waals surface area contributed by atoms with E-state index < -0.39 is 24.0 Å². The zero-order valence-corrected chi connectivity index (χ0v) is 17.7. The largest absolute Gasteiger partial charge is 0.349 e. The van der Waals surface area contributed by atoms with E-state index >= 15 is 0 Å². The quantitative estimate of drug-likeness (QED) is 0.402. The second-order valence-corrected chi connectivity index (χ2v) is 8.29. The van der Waals surface area contributed by atoms with E-state index in [1.165, 1.54) is 20.0 Å². The molecule has 0 fully saturated rings. The van der Waals surface area contributed by atoms with Gasteiger partial charge in [-0.05, 0) is 31.5 Å². The standard InChI is InChI=1S/C21H22F3N7O/c1-20(2,22)10-27-18(32)15-9-29-31-5-4-12(6-16(15)31)13-7-25-17-14(13)8-26-19(30-17)28-11-21(3,23)24/h4-9H,10-11H2,1-3H3,(H,27,32)(H2,25,26,28,30). The SMILES string of the molecule is CC(C)(F)CNC(=O)c1cnn2ccc(-c3c[nH]c4nc(NCC(C)(F)F)ncc34)cc12. The van der Waals surface area contributed by atoms with E-state index in [9.17, 15) is 18.0 Å². The summed E-state index contributed by atoms with van der Waals surface area (Å²) in [5.41, 5.74) is 1.36. The third-order valence-corrected chi connectivity index (χ3v) is 4.74. The number of fused-ring (bicyclic) bond motifs is 2. The Morgan fingerprint density at radius 2 is 1.97 bits per heavy atom. The lowest BCUT2D eigenvalue weighted by molar-refractivity contribution is 0.0366. The summed E-state index contributed by atoms with van der Waals surface area (Å²) in [6.07, 6.45) is 6.41. The highest BCUT2D eigenvalue weighted by Gasteiger charge is 2.22. The maximum absolute atomic E-state index is 13.7. The van der Waals surface area contributed by atoms with Crippen molar-refractivity contribution in [3.63, 3.8) is 0 Å². The monoisotopic (exact) mass is 445 g/mol. The van der Waals surface area contributed by atoms with Crippen LogP contribution in [0, 0.1) is 0 Å². The van der Waals surface area contributed by atoms with Crippen LogP contribution < -0.4 is 10.6 Å².